The molecular weight excluding hydrogens is 241 g/mol. The summed E-state index contributed by atoms with van der Waals surface area (Å²) in [5, 5.41) is 8.56. The fourth-order valence-electron chi connectivity index (χ4n) is 1.35. The predicted octanol–water partition coefficient (Wildman–Crippen LogP) is 2.02. The zero-order valence-electron chi connectivity index (χ0n) is 9.30. The van der Waals surface area contributed by atoms with E-state index in [1.54, 1.807) is 6.07 Å². The minimum atomic E-state index is -0.985. The number of oxazole rings is 1. The number of benzene rings is 1. The molecule has 2 rings (SSSR count). The lowest BCUT2D eigenvalue weighted by Crippen LogP contribution is -2.01. The van der Waals surface area contributed by atoms with Crippen molar-refractivity contribution in [2.24, 2.45) is 0 Å². The van der Waals surface area contributed by atoms with Crippen molar-refractivity contribution in [1.82, 2.24) is 4.98 Å². The topological polar surface area (TPSA) is 72.6 Å². The number of carbonyl (C=O) groups is 1. The van der Waals surface area contributed by atoms with Crippen LogP contribution in [0.2, 0.25) is 0 Å². The van der Waals surface area contributed by atoms with E-state index >= 15 is 0 Å². The smallest absolute Gasteiger partial charge is 0.309 e. The average Bonchev–Trinajstić information content (AvgIpc) is 2.73. The fourth-order valence-corrected chi connectivity index (χ4v) is 1.35. The molecule has 0 aliphatic rings. The van der Waals surface area contributed by atoms with Gasteiger partial charge in [-0.3, -0.25) is 4.79 Å². The molecule has 1 heterocycles. The van der Waals surface area contributed by atoms with Crippen molar-refractivity contribution in [3.8, 4) is 5.75 Å². The van der Waals surface area contributed by atoms with E-state index in [9.17, 15) is 9.18 Å². The first-order valence-corrected chi connectivity index (χ1v) is 5.17. The second-order valence-corrected chi connectivity index (χ2v) is 3.55. The number of aromatic nitrogens is 1. The molecule has 0 aliphatic carbocycles. The van der Waals surface area contributed by atoms with E-state index in [1.165, 1.54) is 24.5 Å². The molecule has 0 spiro atoms. The molecule has 0 atom stereocenters. The number of halogens is 1. The van der Waals surface area contributed by atoms with Gasteiger partial charge in [0, 0.05) is 6.07 Å². The van der Waals surface area contributed by atoms with Gasteiger partial charge in [-0.15, -0.1) is 0 Å². The van der Waals surface area contributed by atoms with Crippen LogP contribution in [0.15, 0.2) is 34.9 Å². The summed E-state index contributed by atoms with van der Waals surface area (Å²) in [6.07, 6.45) is 1.06. The lowest BCUT2D eigenvalue weighted by Gasteiger charge is -2.02. The molecule has 0 saturated carbocycles. The highest BCUT2D eigenvalue weighted by atomic mass is 19.1. The highest BCUT2D eigenvalue weighted by Crippen LogP contribution is 2.14. The van der Waals surface area contributed by atoms with Crippen molar-refractivity contribution >= 4 is 5.97 Å². The second-order valence-electron chi connectivity index (χ2n) is 3.55. The van der Waals surface area contributed by atoms with Gasteiger partial charge in [0.15, 0.2) is 6.61 Å². The third kappa shape index (κ3) is 3.31. The van der Waals surface area contributed by atoms with E-state index in [2.05, 4.69) is 4.98 Å². The van der Waals surface area contributed by atoms with Gasteiger partial charge >= 0.3 is 5.97 Å². The lowest BCUT2D eigenvalue weighted by atomic mass is 10.3. The van der Waals surface area contributed by atoms with Gasteiger partial charge < -0.3 is 14.3 Å². The Labute approximate surface area is 102 Å². The van der Waals surface area contributed by atoms with Crippen LogP contribution >= 0.6 is 0 Å². The molecule has 6 heteroatoms. The van der Waals surface area contributed by atoms with Gasteiger partial charge in [0.25, 0.3) is 0 Å². The number of nitrogens with zero attached hydrogens (tertiary/aromatic N) is 1. The van der Waals surface area contributed by atoms with Crippen LogP contribution in [-0.2, 0) is 17.8 Å². The van der Waals surface area contributed by atoms with Gasteiger partial charge in [0.2, 0.25) is 5.89 Å². The molecular formula is C12H10FNO4. The number of hydrogen-bond acceptors (Lipinski definition) is 4. The number of rotatable bonds is 5. The van der Waals surface area contributed by atoms with Crippen LogP contribution < -0.4 is 4.74 Å². The third-order valence-corrected chi connectivity index (χ3v) is 2.09. The Kier molecular flexibility index (Phi) is 3.57. The van der Waals surface area contributed by atoms with Gasteiger partial charge in [-0.2, -0.15) is 0 Å². The Morgan fingerprint density at radius 2 is 2.33 bits per heavy atom. The van der Waals surface area contributed by atoms with E-state index in [0.717, 1.165) is 0 Å². The molecule has 5 nitrogen and oxygen atoms in total. The molecule has 0 saturated heterocycles. The minimum Gasteiger partial charge on any atom is -0.484 e. The highest BCUT2D eigenvalue weighted by Gasteiger charge is 2.08. The summed E-state index contributed by atoms with van der Waals surface area (Å²) in [7, 11) is 0. The average molecular weight is 251 g/mol. The number of carboxylic acid groups (broad SMARTS) is 1. The number of ether oxygens (including phenoxy) is 1. The summed E-state index contributed by atoms with van der Waals surface area (Å²) >= 11 is 0. The summed E-state index contributed by atoms with van der Waals surface area (Å²) in [5.74, 6) is -0.782. The predicted molar refractivity (Wildman–Crippen MR) is 58.6 cm³/mol. The second kappa shape index (κ2) is 5.31. The first kappa shape index (κ1) is 12.1. The van der Waals surface area contributed by atoms with Gasteiger partial charge in [-0.25, -0.2) is 9.37 Å². The molecule has 0 radical (unpaired) electrons. The summed E-state index contributed by atoms with van der Waals surface area (Å²) in [6.45, 7) is 0.0169. The van der Waals surface area contributed by atoms with E-state index in [-0.39, 0.29) is 18.9 Å². The molecule has 18 heavy (non-hydrogen) atoms. The molecule has 0 fully saturated rings. The Morgan fingerprint density at radius 3 is 3.06 bits per heavy atom. The molecule has 0 unspecified atom stereocenters. The van der Waals surface area contributed by atoms with E-state index in [4.69, 9.17) is 14.3 Å². The Balaban J connectivity index is 1.94. The van der Waals surface area contributed by atoms with Gasteiger partial charge in [-0.1, -0.05) is 6.07 Å². The van der Waals surface area contributed by atoms with Crippen LogP contribution in [0.3, 0.4) is 0 Å². The first-order chi connectivity index (χ1) is 8.63. The van der Waals surface area contributed by atoms with E-state index < -0.39 is 11.8 Å². The Morgan fingerprint density at radius 1 is 1.50 bits per heavy atom. The van der Waals surface area contributed by atoms with Crippen molar-refractivity contribution < 1.29 is 23.4 Å². The molecule has 0 aliphatic heterocycles. The number of aliphatic carboxylic acids is 1. The quantitative estimate of drug-likeness (QED) is 0.880. The van der Waals surface area contributed by atoms with Gasteiger partial charge in [-0.05, 0) is 12.1 Å². The number of hydrogen-bond donors (Lipinski definition) is 1. The zero-order chi connectivity index (χ0) is 13.0. The third-order valence-electron chi connectivity index (χ3n) is 2.09. The molecule has 2 aromatic rings. The van der Waals surface area contributed by atoms with Crippen LogP contribution in [0.1, 0.15) is 11.6 Å². The van der Waals surface area contributed by atoms with E-state index in [1.807, 2.05) is 0 Å². The summed E-state index contributed by atoms with van der Waals surface area (Å²) in [5.41, 5.74) is 0.320. The summed E-state index contributed by atoms with van der Waals surface area (Å²) < 4.78 is 23.1. The molecule has 1 aromatic carbocycles. The highest BCUT2D eigenvalue weighted by molar-refractivity contribution is 5.69. The maximum Gasteiger partial charge on any atom is 0.309 e. The van der Waals surface area contributed by atoms with Crippen molar-refractivity contribution in [2.45, 2.75) is 13.0 Å². The maximum absolute atomic E-state index is 12.9. The van der Waals surface area contributed by atoms with Gasteiger partial charge in [0.05, 0.1) is 12.1 Å². The van der Waals surface area contributed by atoms with Crippen LogP contribution in [0.4, 0.5) is 4.39 Å². The molecule has 1 N–H and O–H groups in total. The van der Waals surface area contributed by atoms with Crippen LogP contribution in [0, 0.1) is 5.82 Å². The lowest BCUT2D eigenvalue weighted by molar-refractivity contribution is -0.136. The largest absolute Gasteiger partial charge is 0.484 e. The molecule has 1 aromatic heterocycles. The first-order valence-electron chi connectivity index (χ1n) is 5.17. The zero-order valence-corrected chi connectivity index (χ0v) is 9.30. The standard InChI is InChI=1S/C12H10FNO4/c13-8-2-1-3-10(4-8)17-7-11-14-9(6-18-11)5-12(15)16/h1-4,6H,5,7H2,(H,15,16). The SMILES string of the molecule is O=C(O)Cc1coc(COc2cccc(F)c2)n1. The minimum absolute atomic E-state index is 0.0169. The molecule has 94 valence electrons. The molecule has 0 bridgehead atoms. The van der Waals surface area contributed by atoms with Crippen molar-refractivity contribution in [3.63, 3.8) is 0 Å². The maximum atomic E-state index is 12.9. The van der Waals surface area contributed by atoms with Crippen molar-refractivity contribution in [2.75, 3.05) is 0 Å². The summed E-state index contributed by atoms with van der Waals surface area (Å²) in [6, 6.07) is 5.67. The van der Waals surface area contributed by atoms with Crippen LogP contribution in [-0.4, -0.2) is 16.1 Å². The fraction of sp³-hybridized carbons (Fsp3) is 0.167. The normalized spacial score (nSPS) is 10.3. The van der Waals surface area contributed by atoms with Crippen LogP contribution in [0.5, 0.6) is 5.75 Å². The number of carboxylic acids is 1. The van der Waals surface area contributed by atoms with Crippen molar-refractivity contribution in [1.29, 1.82) is 0 Å². The Hall–Kier alpha value is -2.37. The molecule has 0 amide bonds. The van der Waals surface area contributed by atoms with E-state index in [0.29, 0.717) is 11.4 Å². The van der Waals surface area contributed by atoms with Crippen molar-refractivity contribution in [3.05, 3.63) is 47.9 Å². The monoisotopic (exact) mass is 251 g/mol. The Bertz CT molecular complexity index is 553. The van der Waals surface area contributed by atoms with Gasteiger partial charge in [0.1, 0.15) is 17.8 Å². The van der Waals surface area contributed by atoms with Crippen LogP contribution in [0.25, 0.3) is 0 Å². The summed E-state index contributed by atoms with van der Waals surface area (Å²) in [4.78, 5) is 14.4.